The fourth-order valence-electron chi connectivity index (χ4n) is 14.0. The highest BCUT2D eigenvalue weighted by atomic mass is 32.1. The van der Waals surface area contributed by atoms with Crippen molar-refractivity contribution in [3.8, 4) is 32.4 Å². The van der Waals surface area contributed by atoms with E-state index in [1.807, 2.05) is 23.7 Å². The topological polar surface area (TPSA) is 114 Å². The monoisotopic (exact) mass is 1170 g/mol. The maximum atomic E-state index is 14.3. The molecule has 10 nitrogen and oxygen atoms in total. The number of amides is 2. The van der Waals surface area contributed by atoms with Crippen LogP contribution in [0.2, 0.25) is 0 Å². The molecule has 448 valence electrons. The lowest BCUT2D eigenvalue weighted by atomic mass is 9.78. The summed E-state index contributed by atoms with van der Waals surface area (Å²) < 4.78 is 17.1. The number of carbonyl (C=O) groups is 2. The van der Waals surface area contributed by atoms with E-state index in [0.29, 0.717) is 47.5 Å². The van der Waals surface area contributed by atoms with Crippen molar-refractivity contribution >= 4 is 45.9 Å². The summed E-state index contributed by atoms with van der Waals surface area (Å²) in [5, 5.41) is 12.6. The molecule has 0 saturated heterocycles. The van der Waals surface area contributed by atoms with Crippen molar-refractivity contribution in [1.29, 1.82) is 0 Å². The van der Waals surface area contributed by atoms with Gasteiger partial charge >= 0.3 is 0 Å². The van der Waals surface area contributed by atoms with Gasteiger partial charge in [0.1, 0.15) is 11.5 Å². The second-order valence-electron chi connectivity index (χ2n) is 25.8. The number of aryl methyl sites for hydroxylation is 2. The first-order valence-corrected chi connectivity index (χ1v) is 34.0. The second-order valence-corrected chi connectivity index (χ2v) is 27.9. The van der Waals surface area contributed by atoms with E-state index >= 15 is 0 Å². The number of thiazole rings is 2. The fourth-order valence-corrected chi connectivity index (χ4v) is 16.2. The Hall–Kier alpha value is -5.40. The van der Waals surface area contributed by atoms with E-state index in [-0.39, 0.29) is 23.8 Å². The lowest BCUT2D eigenvalue weighted by molar-refractivity contribution is -0.125. The SMILES string of the molecule is CCCCOC1CCC(C(=O)N(CC2CCC(c3ccc(OC)c(C)c3)CC2)c2cccc(-c3cnc(C4CC4)s3)c2)CC1.COc1ccc(C2CCC(CN(C(=O)C3CCC(O)CC3)c3cccc(-c4cnc(C5CC5)s4)c3)CC2)cc1C. The fraction of sp³-hybridized carbons (Fsp3) is 0.556. The van der Waals surface area contributed by atoms with Crippen LogP contribution in [0.3, 0.4) is 0 Å². The highest BCUT2D eigenvalue weighted by Crippen LogP contribution is 2.47. The number of methoxy groups -OCH3 is 2. The highest BCUT2D eigenvalue weighted by Gasteiger charge is 2.36. The molecule has 12 rings (SSSR count). The van der Waals surface area contributed by atoms with E-state index in [4.69, 9.17) is 24.2 Å². The van der Waals surface area contributed by atoms with Gasteiger partial charge in [0, 0.05) is 67.1 Å². The number of ether oxygens (including phenoxy) is 3. The van der Waals surface area contributed by atoms with Crippen LogP contribution in [0.1, 0.15) is 204 Å². The van der Waals surface area contributed by atoms with E-state index in [2.05, 4.69) is 116 Å². The van der Waals surface area contributed by atoms with Crippen molar-refractivity contribution < 1.29 is 28.9 Å². The molecule has 6 aliphatic rings. The van der Waals surface area contributed by atoms with E-state index < -0.39 is 0 Å². The smallest absolute Gasteiger partial charge is 0.230 e. The molecule has 0 bridgehead atoms. The molecular formula is C72H92N4O6S2. The van der Waals surface area contributed by atoms with Gasteiger partial charge in [0.2, 0.25) is 11.8 Å². The van der Waals surface area contributed by atoms with Crippen LogP contribution in [0.5, 0.6) is 11.5 Å². The average molecular weight is 1170 g/mol. The number of rotatable bonds is 20. The van der Waals surface area contributed by atoms with Gasteiger partial charge in [-0.2, -0.15) is 0 Å². The molecule has 6 aromatic rings. The van der Waals surface area contributed by atoms with Crippen LogP contribution >= 0.6 is 22.7 Å². The van der Waals surface area contributed by atoms with E-state index in [1.54, 1.807) is 25.6 Å². The maximum Gasteiger partial charge on any atom is 0.230 e. The number of aromatic nitrogens is 2. The summed E-state index contributed by atoms with van der Waals surface area (Å²) in [6.45, 7) is 8.88. The molecule has 0 radical (unpaired) electrons. The number of carbonyl (C=O) groups excluding carboxylic acids is 2. The third-order valence-corrected chi connectivity index (χ3v) is 22.0. The van der Waals surface area contributed by atoms with Gasteiger partial charge in [-0.3, -0.25) is 9.59 Å². The quantitative estimate of drug-likeness (QED) is 0.0752. The molecule has 2 heterocycles. The lowest BCUT2D eigenvalue weighted by Crippen LogP contribution is -2.42. The van der Waals surface area contributed by atoms with Gasteiger partial charge in [-0.25, -0.2) is 9.97 Å². The van der Waals surface area contributed by atoms with Crippen LogP contribution < -0.4 is 19.3 Å². The number of aliphatic hydroxyl groups excluding tert-OH is 1. The first-order valence-electron chi connectivity index (χ1n) is 32.3. The van der Waals surface area contributed by atoms with Gasteiger partial charge in [0.15, 0.2) is 0 Å². The van der Waals surface area contributed by atoms with Crippen LogP contribution in [-0.4, -0.2) is 73.0 Å². The number of benzene rings is 4. The lowest BCUT2D eigenvalue weighted by Gasteiger charge is -2.36. The number of anilines is 2. The molecule has 6 aliphatic carbocycles. The van der Waals surface area contributed by atoms with Gasteiger partial charge in [-0.05, 0) is 242 Å². The maximum absolute atomic E-state index is 14.3. The van der Waals surface area contributed by atoms with Crippen LogP contribution in [0.4, 0.5) is 11.4 Å². The zero-order valence-corrected chi connectivity index (χ0v) is 52.4. The molecule has 6 saturated carbocycles. The van der Waals surface area contributed by atoms with Crippen molar-refractivity contribution in [2.24, 2.45) is 23.7 Å². The molecule has 1 N–H and O–H groups in total. The molecule has 4 aromatic carbocycles. The van der Waals surface area contributed by atoms with Gasteiger partial charge in [0.25, 0.3) is 0 Å². The van der Waals surface area contributed by atoms with Crippen molar-refractivity contribution in [2.45, 2.75) is 198 Å². The molecular weight excluding hydrogens is 1080 g/mol. The summed E-state index contributed by atoms with van der Waals surface area (Å²) in [5.41, 5.74) is 9.62. The van der Waals surface area contributed by atoms with Crippen LogP contribution in [-0.2, 0) is 14.3 Å². The average Bonchev–Trinajstić information content (AvgIpc) is 4.61. The summed E-state index contributed by atoms with van der Waals surface area (Å²) in [4.78, 5) is 44.5. The van der Waals surface area contributed by atoms with Gasteiger partial charge < -0.3 is 29.1 Å². The predicted molar refractivity (Wildman–Crippen MR) is 343 cm³/mol. The van der Waals surface area contributed by atoms with Crippen molar-refractivity contribution in [1.82, 2.24) is 9.97 Å². The summed E-state index contributed by atoms with van der Waals surface area (Å²) in [5.74, 6) is 5.99. The van der Waals surface area contributed by atoms with E-state index in [0.717, 1.165) is 151 Å². The Morgan fingerprint density at radius 1 is 0.536 bits per heavy atom. The Bertz CT molecular complexity index is 3110. The number of aliphatic hydroxyl groups is 1. The molecule has 2 amide bonds. The van der Waals surface area contributed by atoms with Crippen molar-refractivity contribution in [3.05, 3.63) is 130 Å². The number of hydrogen-bond donors (Lipinski definition) is 1. The van der Waals surface area contributed by atoms with Gasteiger partial charge in [0.05, 0.1) is 46.2 Å². The highest BCUT2D eigenvalue weighted by molar-refractivity contribution is 7.15. The Morgan fingerprint density at radius 3 is 1.37 bits per heavy atom. The van der Waals surface area contributed by atoms with E-state index in [1.165, 1.54) is 86.1 Å². The minimum Gasteiger partial charge on any atom is -0.496 e. The molecule has 6 fully saturated rings. The van der Waals surface area contributed by atoms with Crippen molar-refractivity contribution in [2.75, 3.05) is 43.7 Å². The third-order valence-electron chi connectivity index (χ3n) is 19.6. The standard InChI is InChI=1S/C38H50N2O3S.C34H42N2O3S/c1-4-5-21-43-34-18-15-30(16-19-34)38(41)40(33-8-6-7-32(23-33)36-24-39-37(44-36)29-13-14-29)25-27-9-11-28(12-10-27)31-17-20-35(42-3)26(2)22-31;1-22-18-27(14-17-31(22)39-2)24-8-6-23(7-9-24)21-36(34(38)26-12-15-30(37)16-13-26)29-5-3-4-28(19-29)32-20-35-33(40-32)25-10-11-25/h6-8,17,20,22-24,27-30,34H,4-5,9-16,18-19,21,25H2,1-3H3;3-5,14,17-20,23-26,30,37H,6-13,15-16,21H2,1-2H3. The van der Waals surface area contributed by atoms with Crippen molar-refractivity contribution in [3.63, 3.8) is 0 Å². The normalized spacial score (nSPS) is 24.4. The second kappa shape index (κ2) is 28.4. The Balaban J connectivity index is 0.000000176. The number of unbranched alkanes of at least 4 members (excludes halogenated alkanes) is 1. The molecule has 0 aliphatic heterocycles. The molecule has 84 heavy (non-hydrogen) atoms. The van der Waals surface area contributed by atoms with Crippen LogP contribution in [0, 0.1) is 37.5 Å². The van der Waals surface area contributed by atoms with Crippen LogP contribution in [0.25, 0.3) is 20.9 Å². The number of hydrogen-bond acceptors (Lipinski definition) is 10. The molecule has 12 heteroatoms. The van der Waals surface area contributed by atoms with Gasteiger partial charge in [-0.15, -0.1) is 22.7 Å². The first-order chi connectivity index (χ1) is 41.0. The minimum absolute atomic E-state index is 0.00413. The van der Waals surface area contributed by atoms with E-state index in [9.17, 15) is 14.7 Å². The zero-order chi connectivity index (χ0) is 58.1. The molecule has 0 atom stereocenters. The zero-order valence-electron chi connectivity index (χ0n) is 50.8. The van der Waals surface area contributed by atoms with Crippen LogP contribution in [0.15, 0.2) is 97.3 Å². The first kappa shape index (κ1) is 60.3. The largest absolute Gasteiger partial charge is 0.496 e. The molecule has 0 unspecified atom stereocenters. The molecule has 0 spiro atoms. The predicted octanol–water partition coefficient (Wildman–Crippen LogP) is 17.5. The summed E-state index contributed by atoms with van der Waals surface area (Å²) in [6.07, 6.45) is 27.4. The third kappa shape index (κ3) is 15.2. The molecule has 2 aromatic heterocycles. The van der Waals surface area contributed by atoms with Gasteiger partial charge in [-0.1, -0.05) is 61.9 Å². The summed E-state index contributed by atoms with van der Waals surface area (Å²) in [7, 11) is 3.47. The summed E-state index contributed by atoms with van der Waals surface area (Å²) >= 11 is 3.62. The minimum atomic E-state index is -0.260. The number of nitrogens with zero attached hydrogens (tertiary/aromatic N) is 4. The Kier molecular flexibility index (Phi) is 20.4. The Labute approximate surface area is 509 Å². The Morgan fingerprint density at radius 2 is 0.964 bits per heavy atom. The summed E-state index contributed by atoms with van der Waals surface area (Å²) in [6, 6.07) is 30.5.